The number of ether oxygens (including phenoxy) is 3. The van der Waals surface area contributed by atoms with Gasteiger partial charge in [0.1, 0.15) is 11.5 Å². The van der Waals surface area contributed by atoms with Crippen molar-refractivity contribution in [3.63, 3.8) is 0 Å². The molecule has 26 heavy (non-hydrogen) atoms. The monoisotopic (exact) mass is 370 g/mol. The topological polar surface area (TPSA) is 69.7 Å². The van der Waals surface area contributed by atoms with Crippen LogP contribution in [0.5, 0.6) is 11.5 Å². The van der Waals surface area contributed by atoms with Crippen molar-refractivity contribution in [3.05, 3.63) is 53.4 Å². The number of aromatic nitrogens is 1. The zero-order valence-electron chi connectivity index (χ0n) is 14.6. The van der Waals surface area contributed by atoms with Crippen LogP contribution >= 0.6 is 11.3 Å². The standard InChI is InChI=1S/C19H18N2O4S/c1-23-14-7-8-15(17(10-14)24-2)16-11-26-19(21-16)20-13-6-4-5-12(9-13)18(22)25-3/h4-11H,1-3H3,(H,20,21). The summed E-state index contributed by atoms with van der Waals surface area (Å²) in [5.41, 5.74) is 2.91. The molecule has 0 aliphatic carbocycles. The molecule has 3 aromatic rings. The molecule has 1 heterocycles. The van der Waals surface area contributed by atoms with Gasteiger partial charge >= 0.3 is 5.97 Å². The largest absolute Gasteiger partial charge is 0.497 e. The third kappa shape index (κ3) is 3.78. The third-order valence-corrected chi connectivity index (χ3v) is 4.48. The smallest absolute Gasteiger partial charge is 0.337 e. The number of nitrogens with one attached hydrogen (secondary N) is 1. The molecular formula is C19H18N2O4S. The number of rotatable bonds is 6. The third-order valence-electron chi connectivity index (χ3n) is 3.72. The SMILES string of the molecule is COC(=O)c1cccc(Nc2nc(-c3ccc(OC)cc3OC)cs2)c1. The number of methoxy groups -OCH3 is 3. The van der Waals surface area contributed by atoms with E-state index in [-0.39, 0.29) is 5.97 Å². The zero-order chi connectivity index (χ0) is 18.5. The van der Waals surface area contributed by atoms with E-state index >= 15 is 0 Å². The van der Waals surface area contributed by atoms with Gasteiger partial charge in [0.05, 0.1) is 32.6 Å². The lowest BCUT2D eigenvalue weighted by Gasteiger charge is -2.08. The summed E-state index contributed by atoms with van der Waals surface area (Å²) in [4.78, 5) is 16.2. The van der Waals surface area contributed by atoms with Gasteiger partial charge in [0, 0.05) is 22.7 Å². The minimum Gasteiger partial charge on any atom is -0.497 e. The van der Waals surface area contributed by atoms with Crippen LogP contribution in [0.3, 0.4) is 0 Å². The van der Waals surface area contributed by atoms with Gasteiger partial charge < -0.3 is 19.5 Å². The second-order valence-corrected chi connectivity index (χ2v) is 6.16. The first-order chi connectivity index (χ1) is 12.6. The number of anilines is 2. The fourth-order valence-electron chi connectivity index (χ4n) is 2.43. The van der Waals surface area contributed by atoms with E-state index in [1.807, 2.05) is 29.6 Å². The Balaban J connectivity index is 1.84. The molecule has 0 aliphatic rings. The number of hydrogen-bond acceptors (Lipinski definition) is 7. The van der Waals surface area contributed by atoms with E-state index in [1.165, 1.54) is 18.4 Å². The number of benzene rings is 2. The molecule has 3 rings (SSSR count). The Morgan fingerprint density at radius 3 is 2.65 bits per heavy atom. The first-order valence-corrected chi connectivity index (χ1v) is 8.66. The molecule has 1 aromatic heterocycles. The predicted octanol–water partition coefficient (Wildman–Crippen LogP) is 4.36. The summed E-state index contributed by atoms with van der Waals surface area (Å²) in [5.74, 6) is 1.03. The maximum Gasteiger partial charge on any atom is 0.337 e. The van der Waals surface area contributed by atoms with E-state index in [2.05, 4.69) is 10.3 Å². The fraction of sp³-hybridized carbons (Fsp3) is 0.158. The summed E-state index contributed by atoms with van der Waals surface area (Å²) in [6.07, 6.45) is 0. The number of esters is 1. The van der Waals surface area contributed by atoms with Crippen LogP contribution in [0.4, 0.5) is 10.8 Å². The van der Waals surface area contributed by atoms with E-state index in [1.54, 1.807) is 32.4 Å². The van der Waals surface area contributed by atoms with Crippen molar-refractivity contribution >= 4 is 28.1 Å². The molecule has 7 heteroatoms. The number of nitrogens with zero attached hydrogens (tertiary/aromatic N) is 1. The summed E-state index contributed by atoms with van der Waals surface area (Å²) < 4.78 is 15.4. The van der Waals surface area contributed by atoms with Crippen molar-refractivity contribution in [2.24, 2.45) is 0 Å². The Labute approximate surface area is 155 Å². The molecule has 0 bridgehead atoms. The second-order valence-electron chi connectivity index (χ2n) is 5.30. The fourth-order valence-corrected chi connectivity index (χ4v) is 3.16. The molecule has 0 saturated carbocycles. The Hall–Kier alpha value is -3.06. The molecule has 1 N–H and O–H groups in total. The van der Waals surface area contributed by atoms with Gasteiger partial charge in [-0.15, -0.1) is 11.3 Å². The highest BCUT2D eigenvalue weighted by atomic mass is 32.1. The van der Waals surface area contributed by atoms with Crippen LogP contribution < -0.4 is 14.8 Å². The van der Waals surface area contributed by atoms with Gasteiger partial charge in [0.15, 0.2) is 5.13 Å². The van der Waals surface area contributed by atoms with Crippen LogP contribution in [-0.2, 0) is 4.74 Å². The van der Waals surface area contributed by atoms with Crippen LogP contribution in [0.2, 0.25) is 0 Å². The van der Waals surface area contributed by atoms with Crippen LogP contribution in [0, 0.1) is 0 Å². The summed E-state index contributed by atoms with van der Waals surface area (Å²) in [6.45, 7) is 0. The molecule has 134 valence electrons. The molecule has 0 radical (unpaired) electrons. The van der Waals surface area contributed by atoms with Gasteiger partial charge in [-0.2, -0.15) is 0 Å². The molecule has 0 spiro atoms. The predicted molar refractivity (Wildman–Crippen MR) is 102 cm³/mol. The zero-order valence-corrected chi connectivity index (χ0v) is 15.4. The lowest BCUT2D eigenvalue weighted by Crippen LogP contribution is -2.01. The minimum absolute atomic E-state index is 0.378. The Morgan fingerprint density at radius 1 is 1.08 bits per heavy atom. The van der Waals surface area contributed by atoms with Crippen LogP contribution in [0.25, 0.3) is 11.3 Å². The summed E-state index contributed by atoms with van der Waals surface area (Å²) in [5, 5.41) is 5.86. The Kier molecular flexibility index (Phi) is 5.38. The van der Waals surface area contributed by atoms with Crippen molar-refractivity contribution in [3.8, 4) is 22.8 Å². The van der Waals surface area contributed by atoms with Gasteiger partial charge in [0.25, 0.3) is 0 Å². The second kappa shape index (κ2) is 7.88. The molecule has 2 aromatic carbocycles. The summed E-state index contributed by atoms with van der Waals surface area (Å²) in [7, 11) is 4.58. The Morgan fingerprint density at radius 2 is 1.92 bits per heavy atom. The average molecular weight is 370 g/mol. The number of carbonyl (C=O) groups excluding carboxylic acids is 1. The maximum absolute atomic E-state index is 11.6. The van der Waals surface area contributed by atoms with E-state index in [0.29, 0.717) is 16.4 Å². The highest BCUT2D eigenvalue weighted by molar-refractivity contribution is 7.14. The van der Waals surface area contributed by atoms with Gasteiger partial charge in [-0.25, -0.2) is 9.78 Å². The lowest BCUT2D eigenvalue weighted by atomic mass is 10.1. The minimum atomic E-state index is -0.378. The number of hydrogen-bond donors (Lipinski definition) is 1. The molecule has 0 aliphatic heterocycles. The summed E-state index contributed by atoms with van der Waals surface area (Å²) in [6, 6.07) is 12.7. The molecule has 0 fully saturated rings. The van der Waals surface area contributed by atoms with Crippen molar-refractivity contribution in [2.75, 3.05) is 26.6 Å². The van der Waals surface area contributed by atoms with Crippen molar-refractivity contribution in [1.29, 1.82) is 0 Å². The first-order valence-electron chi connectivity index (χ1n) is 7.78. The lowest BCUT2D eigenvalue weighted by molar-refractivity contribution is 0.0601. The van der Waals surface area contributed by atoms with E-state index < -0.39 is 0 Å². The van der Waals surface area contributed by atoms with E-state index in [9.17, 15) is 4.79 Å². The van der Waals surface area contributed by atoms with Crippen LogP contribution in [0.15, 0.2) is 47.8 Å². The molecule has 0 unspecified atom stereocenters. The highest BCUT2D eigenvalue weighted by Crippen LogP contribution is 2.35. The normalized spacial score (nSPS) is 10.3. The van der Waals surface area contributed by atoms with Gasteiger partial charge in [-0.05, 0) is 30.3 Å². The van der Waals surface area contributed by atoms with E-state index in [4.69, 9.17) is 14.2 Å². The molecular weight excluding hydrogens is 352 g/mol. The Bertz CT molecular complexity index is 923. The summed E-state index contributed by atoms with van der Waals surface area (Å²) >= 11 is 1.46. The first kappa shape index (κ1) is 17.8. The van der Waals surface area contributed by atoms with E-state index in [0.717, 1.165) is 22.7 Å². The molecule has 0 amide bonds. The molecule has 0 atom stereocenters. The van der Waals surface area contributed by atoms with Crippen LogP contribution in [0.1, 0.15) is 10.4 Å². The highest BCUT2D eigenvalue weighted by Gasteiger charge is 2.12. The van der Waals surface area contributed by atoms with Crippen LogP contribution in [-0.4, -0.2) is 32.3 Å². The average Bonchev–Trinajstić information content (AvgIpc) is 3.15. The quantitative estimate of drug-likeness (QED) is 0.650. The maximum atomic E-state index is 11.6. The molecule has 0 saturated heterocycles. The van der Waals surface area contributed by atoms with Crippen molar-refractivity contribution in [1.82, 2.24) is 4.98 Å². The number of thiazole rings is 1. The van der Waals surface area contributed by atoms with Gasteiger partial charge in [0.2, 0.25) is 0 Å². The van der Waals surface area contributed by atoms with Crippen molar-refractivity contribution < 1.29 is 19.0 Å². The van der Waals surface area contributed by atoms with Gasteiger partial charge in [-0.3, -0.25) is 0 Å². The molecule has 6 nitrogen and oxygen atoms in total. The number of carbonyl (C=O) groups is 1. The van der Waals surface area contributed by atoms with Crippen molar-refractivity contribution in [2.45, 2.75) is 0 Å². The van der Waals surface area contributed by atoms with Gasteiger partial charge in [-0.1, -0.05) is 6.07 Å².